The second-order valence-electron chi connectivity index (χ2n) is 14.9. The highest BCUT2D eigenvalue weighted by Crippen LogP contribution is 2.40. The summed E-state index contributed by atoms with van der Waals surface area (Å²) in [6.07, 6.45) is 0. The van der Waals surface area contributed by atoms with Crippen LogP contribution in [0.1, 0.15) is 0 Å². The molecule has 3 heterocycles. The summed E-state index contributed by atoms with van der Waals surface area (Å²) in [7, 11) is 0. The Morgan fingerprint density at radius 1 is 0.246 bits per heavy atom. The van der Waals surface area contributed by atoms with Crippen molar-refractivity contribution in [2.75, 3.05) is 0 Å². The third kappa shape index (κ3) is 4.99. The Morgan fingerprint density at radius 3 is 1.42 bits per heavy atom. The summed E-state index contributed by atoms with van der Waals surface area (Å²) in [5.41, 5.74) is 15.9. The first kappa shape index (κ1) is 31.7. The molecule has 0 spiro atoms. The zero-order valence-corrected chi connectivity index (χ0v) is 30.9. The maximum atomic E-state index is 6.19. The molecule has 0 saturated carbocycles. The molecule has 266 valence electrons. The van der Waals surface area contributed by atoms with Gasteiger partial charge in [-0.2, -0.15) is 0 Å². The van der Waals surface area contributed by atoms with Crippen LogP contribution in [-0.2, 0) is 0 Å². The molecule has 0 aliphatic rings. The number of nitrogens with zero attached hydrogens (tertiary/aromatic N) is 2. The van der Waals surface area contributed by atoms with Crippen LogP contribution in [0.2, 0.25) is 0 Å². The summed E-state index contributed by atoms with van der Waals surface area (Å²) in [5.74, 6) is 0. The van der Waals surface area contributed by atoms with Crippen molar-refractivity contribution in [3.8, 4) is 44.8 Å². The van der Waals surface area contributed by atoms with Crippen LogP contribution < -0.4 is 0 Å². The van der Waals surface area contributed by atoms with Crippen LogP contribution in [-0.4, -0.2) is 9.13 Å². The number of furan rings is 1. The van der Waals surface area contributed by atoms with Gasteiger partial charge in [0.05, 0.1) is 22.1 Å². The Balaban J connectivity index is 1.03. The lowest BCUT2D eigenvalue weighted by atomic mass is 9.92. The summed E-state index contributed by atoms with van der Waals surface area (Å²) >= 11 is 0. The molecule has 0 atom stereocenters. The van der Waals surface area contributed by atoms with Crippen molar-refractivity contribution in [2.24, 2.45) is 0 Å². The molecule has 0 fully saturated rings. The standard InChI is InChI=1S/C54H34N2O/c1-2-13-35(14-3-1)38-29-39(31-40(30-38)37-25-28-54-48(33-37)46-20-7-11-24-53(46)57-54)36-15-12-16-41(32-36)55-51-23-10-6-19-45(51)47-34-42(26-27-52(47)55)56-49-21-8-4-17-43(49)44-18-5-9-22-50(44)56/h1-34H. The van der Waals surface area contributed by atoms with Gasteiger partial charge in [0.25, 0.3) is 0 Å². The van der Waals surface area contributed by atoms with Crippen LogP contribution in [0.15, 0.2) is 211 Å². The van der Waals surface area contributed by atoms with Crippen molar-refractivity contribution in [3.63, 3.8) is 0 Å². The molecule has 3 aromatic heterocycles. The van der Waals surface area contributed by atoms with Gasteiger partial charge >= 0.3 is 0 Å². The molecule has 0 aliphatic heterocycles. The minimum Gasteiger partial charge on any atom is -0.456 e. The van der Waals surface area contributed by atoms with Gasteiger partial charge in [0, 0.05) is 43.7 Å². The average molecular weight is 727 g/mol. The highest BCUT2D eigenvalue weighted by atomic mass is 16.3. The van der Waals surface area contributed by atoms with E-state index in [4.69, 9.17) is 4.42 Å². The van der Waals surface area contributed by atoms with Crippen molar-refractivity contribution in [1.29, 1.82) is 0 Å². The predicted molar refractivity (Wildman–Crippen MR) is 239 cm³/mol. The van der Waals surface area contributed by atoms with E-state index < -0.39 is 0 Å². The lowest BCUT2D eigenvalue weighted by Gasteiger charge is -2.14. The molecule has 0 amide bonds. The van der Waals surface area contributed by atoms with E-state index in [9.17, 15) is 0 Å². The summed E-state index contributed by atoms with van der Waals surface area (Å²) in [6, 6.07) is 74.7. The average Bonchev–Trinajstić information content (AvgIpc) is 3.94. The summed E-state index contributed by atoms with van der Waals surface area (Å²) in [6.45, 7) is 0. The monoisotopic (exact) mass is 726 g/mol. The van der Waals surface area contributed by atoms with Crippen molar-refractivity contribution in [3.05, 3.63) is 206 Å². The number of para-hydroxylation sites is 4. The molecule has 0 aliphatic carbocycles. The zero-order chi connectivity index (χ0) is 37.5. The van der Waals surface area contributed by atoms with Gasteiger partial charge in [-0.15, -0.1) is 0 Å². The molecule has 0 saturated heterocycles. The van der Waals surface area contributed by atoms with Crippen LogP contribution in [0.4, 0.5) is 0 Å². The minimum atomic E-state index is 0.903. The summed E-state index contributed by atoms with van der Waals surface area (Å²) in [5, 5.41) is 7.26. The van der Waals surface area contributed by atoms with Gasteiger partial charge < -0.3 is 13.6 Å². The van der Waals surface area contributed by atoms with Gasteiger partial charge in [0.1, 0.15) is 11.2 Å². The van der Waals surface area contributed by atoms with E-state index in [0.717, 1.165) is 44.4 Å². The van der Waals surface area contributed by atoms with E-state index >= 15 is 0 Å². The Labute approximate surface area is 328 Å². The summed E-state index contributed by atoms with van der Waals surface area (Å²) in [4.78, 5) is 0. The fourth-order valence-corrected chi connectivity index (χ4v) is 9.07. The van der Waals surface area contributed by atoms with Crippen molar-refractivity contribution >= 4 is 65.6 Å². The van der Waals surface area contributed by atoms with Crippen LogP contribution >= 0.6 is 0 Å². The maximum absolute atomic E-state index is 6.19. The van der Waals surface area contributed by atoms with Crippen molar-refractivity contribution in [1.82, 2.24) is 9.13 Å². The number of aromatic nitrogens is 2. The largest absolute Gasteiger partial charge is 0.456 e. The van der Waals surface area contributed by atoms with Gasteiger partial charge in [0.15, 0.2) is 0 Å². The smallest absolute Gasteiger partial charge is 0.135 e. The van der Waals surface area contributed by atoms with E-state index in [2.05, 4.69) is 203 Å². The van der Waals surface area contributed by atoms with Crippen LogP contribution in [0.5, 0.6) is 0 Å². The number of hydrogen-bond donors (Lipinski definition) is 0. The lowest BCUT2D eigenvalue weighted by molar-refractivity contribution is 0.669. The predicted octanol–water partition coefficient (Wildman–Crippen LogP) is 14.8. The molecule has 3 heteroatoms. The quantitative estimate of drug-likeness (QED) is 0.173. The van der Waals surface area contributed by atoms with Gasteiger partial charge in [-0.05, 0) is 118 Å². The first-order valence-electron chi connectivity index (χ1n) is 19.5. The molecule has 3 nitrogen and oxygen atoms in total. The van der Waals surface area contributed by atoms with Gasteiger partial charge in [0.2, 0.25) is 0 Å². The normalized spacial score (nSPS) is 11.9. The zero-order valence-electron chi connectivity index (χ0n) is 30.9. The van der Waals surface area contributed by atoms with Crippen LogP contribution in [0, 0.1) is 0 Å². The number of fused-ring (bicyclic) bond motifs is 9. The molecule has 9 aromatic carbocycles. The Kier molecular flexibility index (Phi) is 6.93. The summed E-state index contributed by atoms with van der Waals surface area (Å²) < 4.78 is 11.0. The third-order valence-electron chi connectivity index (χ3n) is 11.7. The van der Waals surface area contributed by atoms with Crippen LogP contribution in [0.25, 0.3) is 110 Å². The second kappa shape index (κ2) is 12.5. The lowest BCUT2D eigenvalue weighted by Crippen LogP contribution is -1.96. The molecule has 12 rings (SSSR count). The topological polar surface area (TPSA) is 23.0 Å². The molecule has 57 heavy (non-hydrogen) atoms. The highest BCUT2D eigenvalue weighted by Gasteiger charge is 2.17. The molecule has 0 unspecified atom stereocenters. The maximum Gasteiger partial charge on any atom is 0.135 e. The minimum absolute atomic E-state index is 0.903. The third-order valence-corrected chi connectivity index (χ3v) is 11.7. The van der Waals surface area contributed by atoms with Gasteiger partial charge in [-0.3, -0.25) is 0 Å². The Morgan fingerprint density at radius 2 is 0.737 bits per heavy atom. The van der Waals surface area contributed by atoms with E-state index in [-0.39, 0.29) is 0 Å². The van der Waals surface area contributed by atoms with Gasteiger partial charge in [-0.25, -0.2) is 0 Å². The van der Waals surface area contributed by atoms with Crippen molar-refractivity contribution in [2.45, 2.75) is 0 Å². The van der Waals surface area contributed by atoms with Gasteiger partial charge in [-0.1, -0.05) is 121 Å². The molecule has 0 bridgehead atoms. The van der Waals surface area contributed by atoms with Crippen LogP contribution in [0.3, 0.4) is 0 Å². The van der Waals surface area contributed by atoms with E-state index in [1.165, 1.54) is 65.9 Å². The van der Waals surface area contributed by atoms with E-state index in [1.54, 1.807) is 0 Å². The molecule has 0 radical (unpaired) electrons. The SMILES string of the molecule is c1ccc(-c2cc(-c3cccc(-n4c5ccccc5c5cc(-n6c7ccccc7c7ccccc76)ccc54)c3)cc(-c3ccc4oc5ccccc5c4c3)c2)cc1. The molecule has 12 aromatic rings. The van der Waals surface area contributed by atoms with E-state index in [1.807, 2.05) is 12.1 Å². The van der Waals surface area contributed by atoms with Crippen molar-refractivity contribution < 1.29 is 4.42 Å². The second-order valence-corrected chi connectivity index (χ2v) is 14.9. The highest BCUT2D eigenvalue weighted by molar-refractivity contribution is 6.12. The Hall–Kier alpha value is -7.62. The molecular weight excluding hydrogens is 693 g/mol. The number of benzene rings is 9. The fraction of sp³-hybridized carbons (Fsp3) is 0. The number of rotatable bonds is 5. The van der Waals surface area contributed by atoms with E-state index in [0.29, 0.717) is 0 Å². The number of hydrogen-bond acceptors (Lipinski definition) is 1. The fourth-order valence-electron chi connectivity index (χ4n) is 9.07. The molecule has 0 N–H and O–H groups in total. The first-order chi connectivity index (χ1) is 28.2. The first-order valence-corrected chi connectivity index (χ1v) is 19.5. The molecular formula is C54H34N2O. The Bertz CT molecular complexity index is 3470.